The fourth-order valence-corrected chi connectivity index (χ4v) is 2.81. The third-order valence-electron chi connectivity index (χ3n) is 2.74. The van der Waals surface area contributed by atoms with Crippen molar-refractivity contribution >= 4 is 21.7 Å². The molecule has 0 spiro atoms. The number of benzene rings is 1. The van der Waals surface area contributed by atoms with Gasteiger partial charge in [-0.1, -0.05) is 24.3 Å². The average Bonchev–Trinajstić information content (AvgIpc) is 2.33. The number of fused-ring (bicyclic) bond motifs is 1. The SMILES string of the molecule is COS(=O)(=O)[C@@H]1CC(=O)c2ccccc2C1=O. The minimum Gasteiger partial charge on any atom is -0.294 e. The number of hydrogen-bond acceptors (Lipinski definition) is 5. The van der Waals surface area contributed by atoms with Crippen LogP contribution in [0.25, 0.3) is 0 Å². The first kappa shape index (κ1) is 11.9. The van der Waals surface area contributed by atoms with Gasteiger partial charge in [-0.2, -0.15) is 8.42 Å². The van der Waals surface area contributed by atoms with E-state index in [0.29, 0.717) is 0 Å². The first-order valence-electron chi connectivity index (χ1n) is 4.93. The molecule has 2 rings (SSSR count). The Morgan fingerprint density at radius 3 is 2.35 bits per heavy atom. The van der Waals surface area contributed by atoms with Gasteiger partial charge in [-0.05, 0) is 0 Å². The maximum atomic E-state index is 12.0. The predicted octanol–water partition coefficient (Wildman–Crippen LogP) is 0.801. The van der Waals surface area contributed by atoms with Crippen LogP contribution in [-0.2, 0) is 14.3 Å². The second kappa shape index (κ2) is 4.05. The first-order valence-corrected chi connectivity index (χ1v) is 6.40. The van der Waals surface area contributed by atoms with E-state index in [2.05, 4.69) is 4.18 Å². The van der Waals surface area contributed by atoms with E-state index in [1.54, 1.807) is 12.1 Å². The molecular formula is C11H10O5S. The van der Waals surface area contributed by atoms with Crippen molar-refractivity contribution in [3.63, 3.8) is 0 Å². The molecule has 1 aliphatic rings. The van der Waals surface area contributed by atoms with Crippen LogP contribution in [0.3, 0.4) is 0 Å². The van der Waals surface area contributed by atoms with Crippen LogP contribution in [0.4, 0.5) is 0 Å². The molecule has 0 saturated heterocycles. The maximum Gasteiger partial charge on any atom is 0.278 e. The zero-order chi connectivity index (χ0) is 12.6. The Morgan fingerprint density at radius 1 is 1.18 bits per heavy atom. The lowest BCUT2D eigenvalue weighted by Gasteiger charge is -2.20. The predicted molar refractivity (Wildman–Crippen MR) is 59.4 cm³/mol. The number of rotatable bonds is 2. The van der Waals surface area contributed by atoms with E-state index < -0.39 is 21.2 Å². The van der Waals surface area contributed by atoms with Crippen LogP contribution in [0.15, 0.2) is 24.3 Å². The van der Waals surface area contributed by atoms with Crippen molar-refractivity contribution in [1.29, 1.82) is 0 Å². The normalized spacial score (nSPS) is 20.2. The Labute approximate surface area is 98.5 Å². The molecule has 0 amide bonds. The van der Waals surface area contributed by atoms with Crippen molar-refractivity contribution in [2.24, 2.45) is 0 Å². The molecule has 0 saturated carbocycles. The summed E-state index contributed by atoms with van der Waals surface area (Å²) in [7, 11) is -3.04. The largest absolute Gasteiger partial charge is 0.294 e. The highest BCUT2D eigenvalue weighted by atomic mass is 32.2. The third kappa shape index (κ3) is 1.89. The van der Waals surface area contributed by atoms with Crippen LogP contribution >= 0.6 is 0 Å². The Kier molecular flexibility index (Phi) is 2.84. The Balaban J connectivity index is 2.54. The van der Waals surface area contributed by atoms with Crippen molar-refractivity contribution in [2.75, 3.05) is 7.11 Å². The van der Waals surface area contributed by atoms with Crippen LogP contribution in [0.2, 0.25) is 0 Å². The molecule has 0 radical (unpaired) electrons. The zero-order valence-corrected chi connectivity index (χ0v) is 9.86. The van der Waals surface area contributed by atoms with Crippen LogP contribution < -0.4 is 0 Å². The summed E-state index contributed by atoms with van der Waals surface area (Å²) >= 11 is 0. The molecule has 0 aliphatic heterocycles. The molecule has 1 atom stereocenters. The summed E-state index contributed by atoms with van der Waals surface area (Å²) < 4.78 is 27.4. The van der Waals surface area contributed by atoms with Crippen molar-refractivity contribution in [3.8, 4) is 0 Å². The molecule has 0 bridgehead atoms. The van der Waals surface area contributed by atoms with Gasteiger partial charge in [0.25, 0.3) is 10.1 Å². The number of carbonyl (C=O) groups is 2. The molecule has 6 heteroatoms. The van der Waals surface area contributed by atoms with Gasteiger partial charge in [-0.25, -0.2) is 0 Å². The van der Waals surface area contributed by atoms with Gasteiger partial charge in [0, 0.05) is 17.5 Å². The van der Waals surface area contributed by atoms with Gasteiger partial charge in [0.05, 0.1) is 7.11 Å². The molecule has 90 valence electrons. The van der Waals surface area contributed by atoms with E-state index in [9.17, 15) is 18.0 Å². The summed E-state index contributed by atoms with van der Waals surface area (Å²) in [5, 5.41) is -1.42. The van der Waals surface area contributed by atoms with E-state index in [1.807, 2.05) is 0 Å². The quantitative estimate of drug-likeness (QED) is 0.729. The van der Waals surface area contributed by atoms with E-state index in [-0.39, 0.29) is 23.3 Å². The van der Waals surface area contributed by atoms with Crippen molar-refractivity contribution in [2.45, 2.75) is 11.7 Å². The van der Waals surface area contributed by atoms with Gasteiger partial charge >= 0.3 is 0 Å². The smallest absolute Gasteiger partial charge is 0.278 e. The first-order chi connectivity index (χ1) is 7.97. The molecule has 0 unspecified atom stereocenters. The molecule has 0 N–H and O–H groups in total. The standard InChI is InChI=1S/C11H10O5S/c1-16-17(14,15)10-6-9(12)7-4-2-3-5-8(7)11(10)13/h2-5,10H,6H2,1H3/t10-/m1/s1. The van der Waals surface area contributed by atoms with E-state index in [1.165, 1.54) is 12.1 Å². The summed E-state index contributed by atoms with van der Waals surface area (Å²) in [6, 6.07) is 6.19. The fraction of sp³-hybridized carbons (Fsp3) is 0.273. The zero-order valence-electron chi connectivity index (χ0n) is 9.04. The molecule has 1 aromatic rings. The Morgan fingerprint density at radius 2 is 1.76 bits per heavy atom. The summed E-state index contributed by atoms with van der Waals surface area (Å²) in [5.41, 5.74) is 0.425. The lowest BCUT2D eigenvalue weighted by atomic mass is 9.89. The van der Waals surface area contributed by atoms with Crippen LogP contribution in [-0.4, -0.2) is 32.3 Å². The van der Waals surface area contributed by atoms with E-state index in [4.69, 9.17) is 0 Å². The lowest BCUT2D eigenvalue weighted by Crippen LogP contribution is -2.38. The summed E-state index contributed by atoms with van der Waals surface area (Å²) in [6.45, 7) is 0. The Hall–Kier alpha value is -1.53. The minimum absolute atomic E-state index is 0.148. The molecule has 17 heavy (non-hydrogen) atoms. The maximum absolute atomic E-state index is 12.0. The van der Waals surface area contributed by atoms with Gasteiger partial charge < -0.3 is 0 Å². The summed E-state index contributed by atoms with van der Waals surface area (Å²) in [4.78, 5) is 23.7. The Bertz CT molecular complexity index is 588. The number of carbonyl (C=O) groups excluding carboxylic acids is 2. The van der Waals surface area contributed by atoms with Crippen LogP contribution in [0, 0.1) is 0 Å². The molecule has 0 aromatic heterocycles. The van der Waals surface area contributed by atoms with Gasteiger partial charge in [0.2, 0.25) is 0 Å². The highest BCUT2D eigenvalue weighted by Crippen LogP contribution is 2.25. The molecule has 1 aliphatic carbocycles. The van der Waals surface area contributed by atoms with Gasteiger partial charge in [0.15, 0.2) is 16.8 Å². The third-order valence-corrected chi connectivity index (χ3v) is 4.28. The molecule has 0 fully saturated rings. The molecule has 0 heterocycles. The van der Waals surface area contributed by atoms with Gasteiger partial charge in [0.1, 0.15) is 0 Å². The molecule has 5 nitrogen and oxygen atoms in total. The second-order valence-corrected chi connectivity index (χ2v) is 5.57. The van der Waals surface area contributed by atoms with Crippen LogP contribution in [0.5, 0.6) is 0 Å². The van der Waals surface area contributed by atoms with Gasteiger partial charge in [-0.3, -0.25) is 13.8 Å². The lowest BCUT2D eigenvalue weighted by molar-refractivity contribution is 0.0889. The van der Waals surface area contributed by atoms with E-state index >= 15 is 0 Å². The summed E-state index contributed by atoms with van der Waals surface area (Å²) in [6.07, 6.45) is -0.355. The van der Waals surface area contributed by atoms with Crippen molar-refractivity contribution in [3.05, 3.63) is 35.4 Å². The topological polar surface area (TPSA) is 77.5 Å². The number of Topliss-reactive ketones (excluding diaryl/α,β-unsaturated/α-hetero) is 2. The second-order valence-electron chi connectivity index (χ2n) is 3.69. The van der Waals surface area contributed by atoms with Crippen LogP contribution in [0.1, 0.15) is 27.1 Å². The molecule has 1 aromatic carbocycles. The highest BCUT2D eigenvalue weighted by Gasteiger charge is 2.40. The number of hydrogen-bond donors (Lipinski definition) is 0. The molecular weight excluding hydrogens is 244 g/mol. The fourth-order valence-electron chi connectivity index (χ4n) is 1.83. The van der Waals surface area contributed by atoms with Crippen molar-refractivity contribution < 1.29 is 22.2 Å². The minimum atomic E-state index is -4.02. The van der Waals surface area contributed by atoms with E-state index in [0.717, 1.165) is 7.11 Å². The number of ketones is 2. The highest BCUT2D eigenvalue weighted by molar-refractivity contribution is 7.88. The monoisotopic (exact) mass is 254 g/mol. The summed E-state index contributed by atoms with van der Waals surface area (Å²) in [5.74, 6) is -0.937. The van der Waals surface area contributed by atoms with Crippen molar-refractivity contribution in [1.82, 2.24) is 0 Å². The average molecular weight is 254 g/mol. The van der Waals surface area contributed by atoms with Gasteiger partial charge in [-0.15, -0.1) is 0 Å².